The van der Waals surface area contributed by atoms with Gasteiger partial charge in [0.05, 0.1) is 10.4 Å². The van der Waals surface area contributed by atoms with Crippen LogP contribution in [0, 0.1) is 0 Å². The second-order valence-electron chi connectivity index (χ2n) is 4.02. The average Bonchev–Trinajstić information content (AvgIpc) is 2.57. The Morgan fingerprint density at radius 2 is 2.29 bits per heavy atom. The highest BCUT2D eigenvalue weighted by molar-refractivity contribution is 9.11. The van der Waals surface area contributed by atoms with Crippen LogP contribution in [-0.4, -0.2) is 18.5 Å². The maximum absolute atomic E-state index is 12.8. The normalized spacial score (nSPS) is 18.8. The summed E-state index contributed by atoms with van der Waals surface area (Å²) in [5, 5.41) is 0. The van der Waals surface area contributed by atoms with Crippen molar-refractivity contribution in [1.82, 2.24) is 0 Å². The monoisotopic (exact) mass is 324 g/mol. The van der Waals surface area contributed by atoms with Crippen LogP contribution >= 0.6 is 27.3 Å². The van der Waals surface area contributed by atoms with Crippen LogP contribution in [0.4, 0.5) is 8.78 Å². The smallest absolute Gasteiger partial charge is 0.348 e. The maximum atomic E-state index is 12.8. The van der Waals surface area contributed by atoms with Crippen molar-refractivity contribution in [3.05, 3.63) is 20.3 Å². The lowest BCUT2D eigenvalue weighted by Gasteiger charge is -2.35. The van der Waals surface area contributed by atoms with Gasteiger partial charge in [0, 0.05) is 12.8 Å². The van der Waals surface area contributed by atoms with Crippen molar-refractivity contribution >= 4 is 33.2 Å². The summed E-state index contributed by atoms with van der Waals surface area (Å²) < 4.78 is 31.4. The number of alkyl halides is 2. The van der Waals surface area contributed by atoms with Crippen LogP contribution in [0.15, 0.2) is 9.85 Å². The molecule has 2 rings (SSSR count). The van der Waals surface area contributed by atoms with E-state index in [0.29, 0.717) is 10.4 Å². The molecule has 0 saturated heterocycles. The predicted octanol–water partition coefficient (Wildman–Crippen LogP) is 4.20. The molecular weight excluding hydrogens is 314 g/mol. The minimum atomic E-state index is -2.58. The van der Waals surface area contributed by atoms with Crippen LogP contribution in [0.1, 0.15) is 40.9 Å². The number of halogens is 3. The van der Waals surface area contributed by atoms with E-state index in [1.165, 1.54) is 11.3 Å². The van der Waals surface area contributed by atoms with Crippen LogP contribution < -0.4 is 0 Å². The number of hydrogen-bond donors (Lipinski definition) is 0. The van der Waals surface area contributed by atoms with Crippen molar-refractivity contribution in [2.75, 3.05) is 6.61 Å². The van der Waals surface area contributed by atoms with Gasteiger partial charge in [0.25, 0.3) is 0 Å². The molecule has 94 valence electrons. The quantitative estimate of drug-likeness (QED) is 0.779. The summed E-state index contributed by atoms with van der Waals surface area (Å²) in [6, 6.07) is 1.75. The standard InChI is InChI=1S/C11H11BrF2O2S/c1-2-16-10(15)9-7(3-8(12)17-9)6-4-11(13,14)5-6/h3,6H,2,4-5H2,1H3. The second-order valence-corrected chi connectivity index (χ2v) is 6.45. The Bertz CT molecular complexity index is 437. The van der Waals surface area contributed by atoms with Crippen LogP contribution in [0.3, 0.4) is 0 Å². The summed E-state index contributed by atoms with van der Waals surface area (Å²) in [7, 11) is 0. The van der Waals surface area contributed by atoms with E-state index in [1.807, 2.05) is 0 Å². The number of hydrogen-bond acceptors (Lipinski definition) is 3. The molecule has 1 saturated carbocycles. The van der Waals surface area contributed by atoms with Crippen LogP contribution in [-0.2, 0) is 4.74 Å². The number of esters is 1. The molecule has 1 aliphatic carbocycles. The molecule has 2 nitrogen and oxygen atoms in total. The van der Waals surface area contributed by atoms with Gasteiger partial charge in [0.2, 0.25) is 5.92 Å². The van der Waals surface area contributed by atoms with Crippen LogP contribution in [0.2, 0.25) is 0 Å². The maximum Gasteiger partial charge on any atom is 0.348 e. The summed E-state index contributed by atoms with van der Waals surface area (Å²) in [4.78, 5) is 12.1. The minimum Gasteiger partial charge on any atom is -0.462 e. The summed E-state index contributed by atoms with van der Waals surface area (Å²) in [5.41, 5.74) is 0.686. The Balaban J connectivity index is 2.20. The van der Waals surface area contributed by atoms with Gasteiger partial charge in [0.1, 0.15) is 4.88 Å². The predicted molar refractivity (Wildman–Crippen MR) is 64.9 cm³/mol. The zero-order chi connectivity index (χ0) is 12.6. The molecule has 0 aromatic carbocycles. The molecule has 1 heterocycles. The Kier molecular flexibility index (Phi) is 3.54. The summed E-state index contributed by atoms with van der Waals surface area (Å²) in [6.45, 7) is 2.01. The van der Waals surface area contributed by atoms with E-state index >= 15 is 0 Å². The fourth-order valence-electron chi connectivity index (χ4n) is 1.91. The van der Waals surface area contributed by atoms with E-state index in [4.69, 9.17) is 4.74 Å². The van der Waals surface area contributed by atoms with Crippen molar-refractivity contribution in [2.24, 2.45) is 0 Å². The number of carbonyl (C=O) groups is 1. The second kappa shape index (κ2) is 4.65. The van der Waals surface area contributed by atoms with E-state index < -0.39 is 11.9 Å². The molecule has 1 fully saturated rings. The third-order valence-electron chi connectivity index (χ3n) is 2.72. The number of ether oxygens (including phenoxy) is 1. The molecule has 0 bridgehead atoms. The molecule has 1 aromatic rings. The van der Waals surface area contributed by atoms with Gasteiger partial charge >= 0.3 is 5.97 Å². The Morgan fingerprint density at radius 1 is 1.65 bits per heavy atom. The molecule has 0 radical (unpaired) electrons. The number of rotatable bonds is 3. The first kappa shape index (κ1) is 13.0. The highest BCUT2D eigenvalue weighted by Crippen LogP contribution is 2.50. The van der Waals surface area contributed by atoms with Gasteiger partial charge in [-0.2, -0.15) is 0 Å². The van der Waals surface area contributed by atoms with E-state index in [1.54, 1.807) is 13.0 Å². The molecule has 0 spiro atoms. The largest absolute Gasteiger partial charge is 0.462 e. The minimum absolute atomic E-state index is 0.178. The molecule has 0 aliphatic heterocycles. The Hall–Kier alpha value is -0.490. The van der Waals surface area contributed by atoms with Crippen molar-refractivity contribution < 1.29 is 18.3 Å². The van der Waals surface area contributed by atoms with Gasteiger partial charge in [-0.3, -0.25) is 0 Å². The van der Waals surface area contributed by atoms with E-state index in [0.717, 1.165) is 3.79 Å². The lowest BCUT2D eigenvalue weighted by molar-refractivity contribution is -0.0868. The number of carbonyl (C=O) groups excluding carboxylic acids is 1. The zero-order valence-electron chi connectivity index (χ0n) is 9.13. The van der Waals surface area contributed by atoms with Crippen molar-refractivity contribution in [1.29, 1.82) is 0 Å². The molecule has 0 atom stereocenters. The van der Waals surface area contributed by atoms with E-state index in [2.05, 4.69) is 15.9 Å². The number of thiophene rings is 1. The molecule has 0 N–H and O–H groups in total. The molecular formula is C11H11BrF2O2S. The van der Waals surface area contributed by atoms with E-state index in [9.17, 15) is 13.6 Å². The summed E-state index contributed by atoms with van der Waals surface area (Å²) in [6.07, 6.45) is -0.356. The molecule has 1 aromatic heterocycles. The first-order valence-electron chi connectivity index (χ1n) is 5.27. The third-order valence-corrected chi connectivity index (χ3v) is 4.36. The SMILES string of the molecule is CCOC(=O)c1sc(Br)cc1C1CC(F)(F)C1. The molecule has 0 amide bonds. The van der Waals surface area contributed by atoms with Crippen molar-refractivity contribution in [2.45, 2.75) is 31.6 Å². The fourth-order valence-corrected chi connectivity index (χ4v) is 3.51. The van der Waals surface area contributed by atoms with Crippen LogP contribution in [0.25, 0.3) is 0 Å². The molecule has 1 aliphatic rings. The lowest BCUT2D eigenvalue weighted by Crippen LogP contribution is -2.34. The molecule has 6 heteroatoms. The Labute approximate surface area is 110 Å². The van der Waals surface area contributed by atoms with E-state index in [-0.39, 0.29) is 25.4 Å². The highest BCUT2D eigenvalue weighted by Gasteiger charge is 2.47. The van der Waals surface area contributed by atoms with Gasteiger partial charge in [-0.05, 0) is 40.4 Å². The average molecular weight is 325 g/mol. The fraction of sp³-hybridized carbons (Fsp3) is 0.545. The lowest BCUT2D eigenvalue weighted by atomic mass is 9.77. The first-order chi connectivity index (χ1) is 7.93. The van der Waals surface area contributed by atoms with Crippen molar-refractivity contribution in [3.63, 3.8) is 0 Å². The summed E-state index contributed by atoms with van der Waals surface area (Å²) in [5.74, 6) is -3.23. The summed E-state index contributed by atoms with van der Waals surface area (Å²) >= 11 is 4.51. The van der Waals surface area contributed by atoms with Gasteiger partial charge < -0.3 is 4.74 Å². The van der Waals surface area contributed by atoms with Gasteiger partial charge in [0.15, 0.2) is 0 Å². The Morgan fingerprint density at radius 3 is 2.82 bits per heavy atom. The molecule has 0 unspecified atom stereocenters. The van der Waals surface area contributed by atoms with Crippen LogP contribution in [0.5, 0.6) is 0 Å². The topological polar surface area (TPSA) is 26.3 Å². The third kappa shape index (κ3) is 2.68. The first-order valence-corrected chi connectivity index (χ1v) is 6.88. The highest BCUT2D eigenvalue weighted by atomic mass is 79.9. The molecule has 17 heavy (non-hydrogen) atoms. The van der Waals surface area contributed by atoms with Gasteiger partial charge in [-0.1, -0.05) is 0 Å². The van der Waals surface area contributed by atoms with Crippen molar-refractivity contribution in [3.8, 4) is 0 Å². The van der Waals surface area contributed by atoms with Gasteiger partial charge in [-0.15, -0.1) is 11.3 Å². The zero-order valence-corrected chi connectivity index (χ0v) is 11.5. The van der Waals surface area contributed by atoms with Gasteiger partial charge in [-0.25, -0.2) is 13.6 Å².